The molecule has 1 aliphatic heterocycles. The number of benzene rings is 2. The van der Waals surface area contributed by atoms with Crippen LogP contribution in [0, 0.1) is 11.7 Å². The van der Waals surface area contributed by atoms with E-state index in [0.29, 0.717) is 38.7 Å². The van der Waals surface area contributed by atoms with Gasteiger partial charge in [-0.05, 0) is 61.1 Å². The van der Waals surface area contributed by atoms with Gasteiger partial charge in [0.2, 0.25) is 5.91 Å². The molecule has 1 aliphatic carbocycles. The van der Waals surface area contributed by atoms with Gasteiger partial charge in [-0.2, -0.15) is 0 Å². The highest BCUT2D eigenvalue weighted by Gasteiger charge is 2.28. The Bertz CT molecular complexity index is 897. The summed E-state index contributed by atoms with van der Waals surface area (Å²) in [5.41, 5.74) is 1.78. The number of hydrogen-bond donors (Lipinski definition) is 2. The van der Waals surface area contributed by atoms with E-state index >= 15 is 0 Å². The first-order valence-corrected chi connectivity index (χ1v) is 10.9. The summed E-state index contributed by atoms with van der Waals surface area (Å²) in [7, 11) is 0. The van der Waals surface area contributed by atoms with Crippen molar-refractivity contribution in [2.24, 2.45) is 5.92 Å². The fourth-order valence-corrected chi connectivity index (χ4v) is 3.77. The molecule has 0 aromatic heterocycles. The van der Waals surface area contributed by atoms with Crippen LogP contribution in [0.3, 0.4) is 0 Å². The van der Waals surface area contributed by atoms with Gasteiger partial charge in [0.15, 0.2) is 0 Å². The van der Waals surface area contributed by atoms with Crippen molar-refractivity contribution >= 4 is 11.9 Å². The van der Waals surface area contributed by atoms with Gasteiger partial charge in [0.05, 0.1) is 12.0 Å². The van der Waals surface area contributed by atoms with E-state index < -0.39 is 0 Å². The number of halogens is 1. The van der Waals surface area contributed by atoms with Gasteiger partial charge in [-0.3, -0.25) is 4.79 Å². The minimum Gasteiger partial charge on any atom is -0.490 e. The molecule has 0 bridgehead atoms. The zero-order valence-electron chi connectivity index (χ0n) is 17.5. The van der Waals surface area contributed by atoms with Crippen LogP contribution < -0.4 is 15.4 Å². The molecule has 31 heavy (non-hydrogen) atoms. The molecule has 1 atom stereocenters. The number of ether oxygens (including phenoxy) is 1. The number of nitrogens with one attached hydrogen (secondary N) is 2. The first-order valence-electron chi connectivity index (χ1n) is 10.9. The van der Waals surface area contributed by atoms with Crippen LogP contribution >= 0.6 is 0 Å². The van der Waals surface area contributed by atoms with Crippen LogP contribution in [0.2, 0.25) is 0 Å². The third-order valence-corrected chi connectivity index (χ3v) is 5.90. The lowest BCUT2D eigenvalue weighted by Gasteiger charge is -2.26. The highest BCUT2D eigenvalue weighted by atomic mass is 19.1. The van der Waals surface area contributed by atoms with E-state index in [9.17, 15) is 14.0 Å². The molecule has 2 fully saturated rings. The highest BCUT2D eigenvalue weighted by Crippen LogP contribution is 2.25. The first-order chi connectivity index (χ1) is 15.1. The molecule has 2 N–H and O–H groups in total. The summed E-state index contributed by atoms with van der Waals surface area (Å²) < 4.78 is 19.1. The number of hydrogen-bond acceptors (Lipinski definition) is 3. The fourth-order valence-electron chi connectivity index (χ4n) is 3.77. The lowest BCUT2D eigenvalue weighted by atomic mass is 9.96. The molecule has 1 unspecified atom stereocenters. The van der Waals surface area contributed by atoms with Gasteiger partial charge in [0.1, 0.15) is 11.6 Å². The molecular formula is C24H28FN3O3. The molecule has 1 saturated carbocycles. The van der Waals surface area contributed by atoms with E-state index in [1.807, 2.05) is 24.3 Å². The minimum absolute atomic E-state index is 0.0287. The van der Waals surface area contributed by atoms with Crippen molar-refractivity contribution in [3.8, 4) is 5.75 Å². The second-order valence-corrected chi connectivity index (χ2v) is 8.26. The van der Waals surface area contributed by atoms with E-state index in [-0.39, 0.29) is 23.7 Å². The lowest BCUT2D eigenvalue weighted by molar-refractivity contribution is -0.122. The maximum absolute atomic E-state index is 13.2. The largest absolute Gasteiger partial charge is 0.490 e. The van der Waals surface area contributed by atoms with Crippen molar-refractivity contribution in [2.75, 3.05) is 13.1 Å². The first kappa shape index (κ1) is 21.2. The van der Waals surface area contributed by atoms with Crippen LogP contribution in [0.1, 0.15) is 36.8 Å². The predicted molar refractivity (Wildman–Crippen MR) is 115 cm³/mol. The molecule has 0 spiro atoms. The Morgan fingerprint density at radius 2 is 1.77 bits per heavy atom. The van der Waals surface area contributed by atoms with Gasteiger partial charge in [0.25, 0.3) is 0 Å². The predicted octanol–water partition coefficient (Wildman–Crippen LogP) is 3.60. The van der Waals surface area contributed by atoms with Gasteiger partial charge in [-0.25, -0.2) is 9.18 Å². The number of urea groups is 1. The van der Waals surface area contributed by atoms with E-state index in [1.165, 1.54) is 18.6 Å². The molecule has 1 saturated heterocycles. The molecule has 0 radical (unpaired) electrons. The number of nitrogens with zero attached hydrogens (tertiary/aromatic N) is 1. The van der Waals surface area contributed by atoms with Crippen molar-refractivity contribution in [1.82, 2.24) is 15.5 Å². The molecule has 6 nitrogen and oxygen atoms in total. The summed E-state index contributed by atoms with van der Waals surface area (Å²) in [5.74, 6) is 0.276. The summed E-state index contributed by atoms with van der Waals surface area (Å²) in [4.78, 5) is 26.6. The lowest BCUT2D eigenvalue weighted by Crippen LogP contribution is -2.43. The Labute approximate surface area is 181 Å². The van der Waals surface area contributed by atoms with Crippen LogP contribution in [0.15, 0.2) is 48.5 Å². The zero-order chi connectivity index (χ0) is 21.6. The standard InChI is InChI=1S/C24H28FN3O3/c25-20-8-4-18(5-9-20)15-28(16-19-12-13-26-23(19)29)24(30)27-14-17-6-10-22(11-7-17)31-21-2-1-3-21/h4-11,19,21H,1-3,12-16H2,(H,26,29)(H,27,30). The Morgan fingerprint density at radius 3 is 2.39 bits per heavy atom. The summed E-state index contributed by atoms with van der Waals surface area (Å²) in [5, 5.41) is 5.75. The van der Waals surface area contributed by atoms with E-state index in [2.05, 4.69) is 10.6 Å². The van der Waals surface area contributed by atoms with Crippen LogP contribution in [0.25, 0.3) is 0 Å². The summed E-state index contributed by atoms with van der Waals surface area (Å²) in [6.45, 7) is 1.64. The second kappa shape index (κ2) is 9.81. The maximum atomic E-state index is 13.2. The van der Waals surface area contributed by atoms with Crippen molar-refractivity contribution in [1.29, 1.82) is 0 Å². The number of carbonyl (C=O) groups is 2. The smallest absolute Gasteiger partial charge is 0.317 e. The Morgan fingerprint density at radius 1 is 1.06 bits per heavy atom. The molecule has 164 valence electrons. The minimum atomic E-state index is -0.320. The van der Waals surface area contributed by atoms with Gasteiger partial charge >= 0.3 is 6.03 Å². The van der Waals surface area contributed by atoms with Crippen molar-refractivity contribution in [3.63, 3.8) is 0 Å². The number of amides is 3. The molecular weight excluding hydrogens is 397 g/mol. The maximum Gasteiger partial charge on any atom is 0.317 e. The van der Waals surface area contributed by atoms with Crippen molar-refractivity contribution < 1.29 is 18.7 Å². The third kappa shape index (κ3) is 5.75. The van der Waals surface area contributed by atoms with E-state index in [0.717, 1.165) is 29.7 Å². The monoisotopic (exact) mass is 425 g/mol. The average molecular weight is 426 g/mol. The summed E-state index contributed by atoms with van der Waals surface area (Å²) in [6, 6.07) is 13.6. The normalized spacial score (nSPS) is 18.2. The summed E-state index contributed by atoms with van der Waals surface area (Å²) >= 11 is 0. The highest BCUT2D eigenvalue weighted by molar-refractivity contribution is 5.82. The second-order valence-electron chi connectivity index (χ2n) is 8.26. The molecule has 3 amide bonds. The van der Waals surface area contributed by atoms with Gasteiger partial charge in [-0.15, -0.1) is 0 Å². The molecule has 2 aromatic carbocycles. The SMILES string of the molecule is O=C1NCCC1CN(Cc1ccc(F)cc1)C(=O)NCc1ccc(OC2CCC2)cc1. The van der Waals surface area contributed by atoms with Crippen molar-refractivity contribution in [3.05, 3.63) is 65.5 Å². The van der Waals surface area contributed by atoms with Crippen LogP contribution in [-0.2, 0) is 17.9 Å². The average Bonchev–Trinajstić information content (AvgIpc) is 3.15. The summed E-state index contributed by atoms with van der Waals surface area (Å²) in [6.07, 6.45) is 4.49. The van der Waals surface area contributed by atoms with E-state index in [4.69, 9.17) is 4.74 Å². The third-order valence-electron chi connectivity index (χ3n) is 5.90. The van der Waals surface area contributed by atoms with Crippen LogP contribution in [-0.4, -0.2) is 36.0 Å². The molecule has 2 aromatic rings. The zero-order valence-corrected chi connectivity index (χ0v) is 17.5. The number of carbonyl (C=O) groups excluding carboxylic acids is 2. The Balaban J connectivity index is 1.36. The molecule has 1 heterocycles. The molecule has 2 aliphatic rings. The topological polar surface area (TPSA) is 70.7 Å². The molecule has 7 heteroatoms. The van der Waals surface area contributed by atoms with Crippen molar-refractivity contribution in [2.45, 2.75) is 44.9 Å². The van der Waals surface area contributed by atoms with Gasteiger partial charge in [0, 0.05) is 26.2 Å². The Kier molecular flexibility index (Phi) is 6.70. The molecule has 4 rings (SSSR count). The van der Waals surface area contributed by atoms with Gasteiger partial charge < -0.3 is 20.3 Å². The fraction of sp³-hybridized carbons (Fsp3) is 0.417. The Hall–Kier alpha value is -3.09. The van der Waals surface area contributed by atoms with Crippen LogP contribution in [0.5, 0.6) is 5.75 Å². The van der Waals surface area contributed by atoms with E-state index in [1.54, 1.807) is 17.0 Å². The quantitative estimate of drug-likeness (QED) is 0.679. The van der Waals surface area contributed by atoms with Crippen LogP contribution in [0.4, 0.5) is 9.18 Å². The number of rotatable bonds is 8. The van der Waals surface area contributed by atoms with Gasteiger partial charge in [-0.1, -0.05) is 24.3 Å².